The highest BCUT2D eigenvalue weighted by Crippen LogP contribution is 2.40. The number of rotatable bonds is 4. The number of hydrogen-bond acceptors (Lipinski definition) is 7. The Balaban J connectivity index is 1.44. The normalized spacial score (nSPS) is 21.7. The highest BCUT2D eigenvalue weighted by molar-refractivity contribution is 5.80. The molecule has 29 heavy (non-hydrogen) atoms. The van der Waals surface area contributed by atoms with Crippen molar-refractivity contribution >= 4 is 5.91 Å². The van der Waals surface area contributed by atoms with Crippen LogP contribution in [0.5, 0.6) is 0 Å². The summed E-state index contributed by atoms with van der Waals surface area (Å²) in [5.41, 5.74) is 1.62. The van der Waals surface area contributed by atoms with Crippen molar-refractivity contribution in [2.24, 2.45) is 5.92 Å². The molecule has 1 aliphatic heterocycles. The second-order valence-corrected chi connectivity index (χ2v) is 7.43. The average Bonchev–Trinajstić information content (AvgIpc) is 3.55. The summed E-state index contributed by atoms with van der Waals surface area (Å²) in [5, 5.41) is 4.09. The van der Waals surface area contributed by atoms with Crippen molar-refractivity contribution < 1.29 is 9.32 Å². The van der Waals surface area contributed by atoms with E-state index in [1.807, 2.05) is 23.2 Å². The number of hydrogen-bond donors (Lipinski definition) is 0. The van der Waals surface area contributed by atoms with Crippen molar-refractivity contribution in [2.75, 3.05) is 13.1 Å². The summed E-state index contributed by atoms with van der Waals surface area (Å²) in [4.78, 5) is 32.1. The minimum absolute atomic E-state index is 0.0427. The van der Waals surface area contributed by atoms with E-state index in [2.05, 4.69) is 37.2 Å². The van der Waals surface area contributed by atoms with Crippen LogP contribution in [-0.4, -0.2) is 49.0 Å². The van der Waals surface area contributed by atoms with E-state index in [1.54, 1.807) is 24.8 Å². The third-order valence-electron chi connectivity index (χ3n) is 5.65. The van der Waals surface area contributed by atoms with Crippen LogP contribution in [0.25, 0.3) is 11.5 Å². The molecule has 1 aliphatic carbocycles. The molecule has 3 aromatic rings. The summed E-state index contributed by atoms with van der Waals surface area (Å²) in [6, 6.07) is 3.95. The van der Waals surface area contributed by atoms with Crippen molar-refractivity contribution in [3.05, 3.63) is 66.7 Å². The van der Waals surface area contributed by atoms with Gasteiger partial charge < -0.3 is 9.42 Å². The first-order chi connectivity index (χ1) is 14.3. The van der Waals surface area contributed by atoms with E-state index >= 15 is 0 Å². The van der Waals surface area contributed by atoms with Gasteiger partial charge in [0.2, 0.25) is 17.6 Å². The SMILES string of the molecule is O=C(C1CC=CC1)N1C[C@@H](c2cccnc2)[C@H](c2nc(-c3cnccn3)no2)C1. The van der Waals surface area contributed by atoms with E-state index in [9.17, 15) is 4.79 Å². The monoisotopic (exact) mass is 388 g/mol. The lowest BCUT2D eigenvalue weighted by atomic mass is 9.90. The first-order valence-electron chi connectivity index (χ1n) is 9.73. The summed E-state index contributed by atoms with van der Waals surface area (Å²) in [6.07, 6.45) is 14.2. The molecule has 5 rings (SSSR count). The van der Waals surface area contributed by atoms with Crippen LogP contribution in [-0.2, 0) is 4.79 Å². The molecule has 3 aromatic heterocycles. The van der Waals surface area contributed by atoms with Gasteiger partial charge in [-0.3, -0.25) is 14.8 Å². The van der Waals surface area contributed by atoms with Crippen molar-refractivity contribution in [2.45, 2.75) is 24.7 Å². The summed E-state index contributed by atoms with van der Waals surface area (Å²) in [7, 11) is 0. The average molecular weight is 388 g/mol. The zero-order valence-electron chi connectivity index (χ0n) is 15.8. The molecule has 1 fully saturated rings. The number of aromatic nitrogens is 5. The fourth-order valence-corrected chi connectivity index (χ4v) is 4.15. The highest BCUT2D eigenvalue weighted by atomic mass is 16.5. The number of amides is 1. The predicted octanol–water partition coefficient (Wildman–Crippen LogP) is 2.60. The number of nitrogens with zero attached hydrogens (tertiary/aromatic N) is 6. The van der Waals surface area contributed by atoms with Gasteiger partial charge in [0.25, 0.3) is 0 Å². The molecule has 2 atom stereocenters. The molecule has 0 N–H and O–H groups in total. The van der Waals surface area contributed by atoms with Gasteiger partial charge >= 0.3 is 0 Å². The topological polar surface area (TPSA) is 97.9 Å². The highest BCUT2D eigenvalue weighted by Gasteiger charge is 2.42. The maximum absolute atomic E-state index is 13.0. The minimum atomic E-state index is -0.0876. The van der Waals surface area contributed by atoms with Crippen LogP contribution in [0, 0.1) is 5.92 Å². The fraction of sp³-hybridized carbons (Fsp3) is 0.333. The third kappa shape index (κ3) is 3.41. The summed E-state index contributed by atoms with van der Waals surface area (Å²) in [5.74, 6) is 1.12. The standard InChI is InChI=1S/C21H20N6O2/c28-21(14-4-1-2-5-14)27-12-16(15-6-3-7-22-10-15)17(13-27)20-25-19(26-29-20)18-11-23-8-9-24-18/h1-3,6-11,14,16-17H,4-5,12-13H2/t16-,17+/m0/s1. The summed E-state index contributed by atoms with van der Waals surface area (Å²) in [6.45, 7) is 1.17. The second kappa shape index (κ2) is 7.54. The Labute approximate surface area is 167 Å². The van der Waals surface area contributed by atoms with Crippen molar-refractivity contribution in [3.8, 4) is 11.5 Å². The van der Waals surface area contributed by atoms with Crippen molar-refractivity contribution in [1.82, 2.24) is 30.0 Å². The van der Waals surface area contributed by atoms with E-state index in [0.29, 0.717) is 30.5 Å². The molecular formula is C21H20N6O2. The fourth-order valence-electron chi connectivity index (χ4n) is 4.15. The first-order valence-corrected chi connectivity index (χ1v) is 9.73. The lowest BCUT2D eigenvalue weighted by Gasteiger charge is -2.20. The number of carbonyl (C=O) groups excluding carboxylic acids is 1. The Morgan fingerprint density at radius 3 is 2.62 bits per heavy atom. The van der Waals surface area contributed by atoms with Crippen molar-refractivity contribution in [3.63, 3.8) is 0 Å². The molecular weight excluding hydrogens is 368 g/mol. The Kier molecular flexibility index (Phi) is 4.59. The Morgan fingerprint density at radius 1 is 1.03 bits per heavy atom. The van der Waals surface area contributed by atoms with Crippen LogP contribution >= 0.6 is 0 Å². The third-order valence-corrected chi connectivity index (χ3v) is 5.65. The van der Waals surface area contributed by atoms with Gasteiger partial charge in [-0.25, -0.2) is 4.98 Å². The second-order valence-electron chi connectivity index (χ2n) is 7.43. The quantitative estimate of drug-likeness (QED) is 0.634. The van der Waals surface area contributed by atoms with Crippen LogP contribution in [0.1, 0.15) is 36.1 Å². The van der Waals surface area contributed by atoms with Crippen LogP contribution in [0.2, 0.25) is 0 Å². The number of likely N-dealkylation sites (tertiary alicyclic amines) is 1. The number of pyridine rings is 1. The van der Waals surface area contributed by atoms with Gasteiger partial charge in [0, 0.05) is 49.7 Å². The molecule has 2 aliphatic rings. The molecule has 0 radical (unpaired) electrons. The lowest BCUT2D eigenvalue weighted by Crippen LogP contribution is -2.33. The summed E-state index contributed by atoms with van der Waals surface area (Å²) < 4.78 is 5.61. The van der Waals surface area contributed by atoms with E-state index in [4.69, 9.17) is 4.52 Å². The van der Waals surface area contributed by atoms with E-state index < -0.39 is 0 Å². The van der Waals surface area contributed by atoms with Crippen LogP contribution in [0.4, 0.5) is 0 Å². The van der Waals surface area contributed by atoms with Crippen molar-refractivity contribution in [1.29, 1.82) is 0 Å². The zero-order chi connectivity index (χ0) is 19.6. The molecule has 1 saturated heterocycles. The molecule has 146 valence electrons. The molecule has 0 spiro atoms. The van der Waals surface area contributed by atoms with E-state index in [-0.39, 0.29) is 23.7 Å². The van der Waals surface area contributed by atoms with Crippen LogP contribution in [0.15, 0.2) is 59.8 Å². The molecule has 1 amide bonds. The van der Waals surface area contributed by atoms with Gasteiger partial charge in [-0.1, -0.05) is 23.4 Å². The molecule has 0 aromatic carbocycles. The molecule has 0 saturated carbocycles. The largest absolute Gasteiger partial charge is 0.341 e. The van der Waals surface area contributed by atoms with Crippen LogP contribution in [0.3, 0.4) is 0 Å². The predicted molar refractivity (Wildman–Crippen MR) is 103 cm³/mol. The smallest absolute Gasteiger partial charge is 0.232 e. The summed E-state index contributed by atoms with van der Waals surface area (Å²) >= 11 is 0. The minimum Gasteiger partial charge on any atom is -0.341 e. The molecule has 0 bridgehead atoms. The maximum Gasteiger partial charge on any atom is 0.232 e. The Morgan fingerprint density at radius 2 is 1.86 bits per heavy atom. The van der Waals surface area contributed by atoms with Gasteiger partial charge in [-0.2, -0.15) is 4.98 Å². The molecule has 0 unspecified atom stereocenters. The Bertz CT molecular complexity index is 1010. The van der Waals surface area contributed by atoms with Gasteiger partial charge in [0.15, 0.2) is 0 Å². The van der Waals surface area contributed by atoms with Gasteiger partial charge in [0.05, 0.1) is 12.1 Å². The van der Waals surface area contributed by atoms with Gasteiger partial charge in [-0.15, -0.1) is 0 Å². The first kappa shape index (κ1) is 17.7. The lowest BCUT2D eigenvalue weighted by molar-refractivity contribution is -0.134. The zero-order valence-corrected chi connectivity index (χ0v) is 15.8. The van der Waals surface area contributed by atoms with Gasteiger partial charge in [0.1, 0.15) is 5.69 Å². The van der Waals surface area contributed by atoms with Gasteiger partial charge in [-0.05, 0) is 24.5 Å². The molecule has 8 heteroatoms. The number of allylic oxidation sites excluding steroid dienone is 2. The molecule has 8 nitrogen and oxygen atoms in total. The maximum atomic E-state index is 13.0. The molecule has 4 heterocycles. The van der Waals surface area contributed by atoms with E-state index in [1.165, 1.54) is 0 Å². The number of carbonyl (C=O) groups is 1. The Hall–Kier alpha value is -3.42. The van der Waals surface area contributed by atoms with Crippen LogP contribution < -0.4 is 0 Å². The van der Waals surface area contributed by atoms with E-state index in [0.717, 1.165) is 18.4 Å².